The van der Waals surface area contributed by atoms with E-state index in [0.717, 1.165) is 0 Å². The van der Waals surface area contributed by atoms with E-state index in [9.17, 15) is 0 Å². The van der Waals surface area contributed by atoms with E-state index in [0.29, 0.717) is 5.56 Å². The molecule has 1 atom stereocenters. The number of benzene rings is 1. The van der Waals surface area contributed by atoms with Gasteiger partial charge in [-0.2, -0.15) is 0 Å². The van der Waals surface area contributed by atoms with E-state index in [1.807, 2.05) is 0 Å². The van der Waals surface area contributed by atoms with E-state index < -0.39 is 5.56 Å². The molecule has 10 heavy (non-hydrogen) atoms. The van der Waals surface area contributed by atoms with Crippen molar-refractivity contribution in [3.8, 4) is 5.75 Å². The molecular formula is C7H7ClO2. The maximum atomic E-state index is 9.04. The van der Waals surface area contributed by atoms with Gasteiger partial charge in [0.15, 0.2) is 5.56 Å². The second-order valence-corrected chi connectivity index (χ2v) is 2.31. The first-order chi connectivity index (χ1) is 4.72. The molecule has 0 saturated heterocycles. The fraction of sp³-hybridized carbons (Fsp3) is 0.143. The van der Waals surface area contributed by atoms with Crippen molar-refractivity contribution < 1.29 is 10.2 Å². The second-order valence-electron chi connectivity index (χ2n) is 1.89. The lowest BCUT2D eigenvalue weighted by Gasteiger charge is -2.03. The Labute approximate surface area is 63.7 Å². The molecule has 0 aromatic heterocycles. The Hall–Kier alpha value is -0.730. The van der Waals surface area contributed by atoms with Crippen LogP contribution in [0.4, 0.5) is 0 Å². The minimum absolute atomic E-state index is 0.0185. The second kappa shape index (κ2) is 2.90. The summed E-state index contributed by atoms with van der Waals surface area (Å²) < 4.78 is 0. The van der Waals surface area contributed by atoms with Crippen molar-refractivity contribution in [1.82, 2.24) is 0 Å². The number of hydrogen-bond donors (Lipinski definition) is 2. The fourth-order valence-electron chi connectivity index (χ4n) is 0.689. The molecule has 1 aromatic rings. The van der Waals surface area contributed by atoms with Gasteiger partial charge in [-0.15, -0.1) is 0 Å². The number of aromatic hydroxyl groups is 1. The molecule has 2 nitrogen and oxygen atoms in total. The van der Waals surface area contributed by atoms with Crippen LogP contribution in [0, 0.1) is 0 Å². The Morgan fingerprint density at radius 3 is 2.30 bits per heavy atom. The first-order valence-corrected chi connectivity index (χ1v) is 3.25. The molecule has 2 N–H and O–H groups in total. The molecule has 54 valence electrons. The number of para-hydroxylation sites is 1. The summed E-state index contributed by atoms with van der Waals surface area (Å²) in [7, 11) is 0. The van der Waals surface area contributed by atoms with Crippen molar-refractivity contribution in [2.24, 2.45) is 0 Å². The van der Waals surface area contributed by atoms with E-state index >= 15 is 0 Å². The van der Waals surface area contributed by atoms with Crippen molar-refractivity contribution in [2.45, 2.75) is 5.56 Å². The zero-order valence-electron chi connectivity index (χ0n) is 5.16. The van der Waals surface area contributed by atoms with Crippen molar-refractivity contribution in [2.75, 3.05) is 0 Å². The Balaban J connectivity index is 3.03. The zero-order chi connectivity index (χ0) is 7.56. The molecule has 1 unspecified atom stereocenters. The van der Waals surface area contributed by atoms with Crippen LogP contribution in [0.2, 0.25) is 0 Å². The number of phenols is 1. The number of phenolic OH excluding ortho intramolecular Hbond substituents is 1. The number of hydrogen-bond acceptors (Lipinski definition) is 2. The van der Waals surface area contributed by atoms with Gasteiger partial charge in [0.25, 0.3) is 0 Å². The highest BCUT2D eigenvalue weighted by atomic mass is 35.5. The SMILES string of the molecule is Oc1ccccc1C(O)Cl. The normalized spacial score (nSPS) is 13.0. The summed E-state index contributed by atoms with van der Waals surface area (Å²) in [4.78, 5) is 0. The standard InChI is InChI=1S/C7H7ClO2/c8-7(10)5-3-1-2-4-6(5)9/h1-4,7,9-10H. The van der Waals surface area contributed by atoms with Crippen LogP contribution in [0.15, 0.2) is 24.3 Å². The van der Waals surface area contributed by atoms with Crippen LogP contribution in [-0.4, -0.2) is 10.2 Å². The van der Waals surface area contributed by atoms with E-state index in [1.54, 1.807) is 18.2 Å². The average Bonchev–Trinajstić information content (AvgIpc) is 1.88. The summed E-state index contributed by atoms with van der Waals surface area (Å²) in [5.74, 6) is 0.0185. The van der Waals surface area contributed by atoms with Crippen LogP contribution < -0.4 is 0 Å². The lowest BCUT2D eigenvalue weighted by Crippen LogP contribution is -1.86. The van der Waals surface area contributed by atoms with Crippen molar-refractivity contribution in [3.63, 3.8) is 0 Å². The highest BCUT2D eigenvalue weighted by molar-refractivity contribution is 6.19. The van der Waals surface area contributed by atoms with Crippen molar-refractivity contribution >= 4 is 11.6 Å². The van der Waals surface area contributed by atoms with Gasteiger partial charge in [0.1, 0.15) is 5.75 Å². The van der Waals surface area contributed by atoms with Gasteiger partial charge in [-0.25, -0.2) is 0 Å². The first kappa shape index (κ1) is 7.38. The van der Waals surface area contributed by atoms with Crippen LogP contribution in [0.1, 0.15) is 11.1 Å². The van der Waals surface area contributed by atoms with Crippen LogP contribution in [0.5, 0.6) is 5.75 Å². The predicted molar refractivity (Wildman–Crippen MR) is 38.9 cm³/mol. The molecule has 3 heteroatoms. The molecule has 0 aliphatic carbocycles. The third-order valence-electron chi connectivity index (χ3n) is 1.19. The minimum Gasteiger partial charge on any atom is -0.508 e. The summed E-state index contributed by atoms with van der Waals surface area (Å²) in [5.41, 5.74) is -0.787. The number of rotatable bonds is 1. The van der Waals surface area contributed by atoms with E-state index in [-0.39, 0.29) is 5.75 Å². The third-order valence-corrected chi connectivity index (χ3v) is 1.43. The Bertz CT molecular complexity index is 223. The molecule has 0 fully saturated rings. The van der Waals surface area contributed by atoms with E-state index in [4.69, 9.17) is 21.8 Å². The minimum atomic E-state index is -1.12. The number of aliphatic hydroxyl groups is 1. The highest BCUT2D eigenvalue weighted by Crippen LogP contribution is 2.25. The molecule has 0 saturated carbocycles. The van der Waals surface area contributed by atoms with Crippen LogP contribution in [-0.2, 0) is 0 Å². The van der Waals surface area contributed by atoms with E-state index in [2.05, 4.69) is 0 Å². The average molecular weight is 159 g/mol. The van der Waals surface area contributed by atoms with Gasteiger partial charge in [0, 0.05) is 5.56 Å². The smallest absolute Gasteiger partial charge is 0.157 e. The molecule has 1 aromatic carbocycles. The van der Waals surface area contributed by atoms with Crippen LogP contribution in [0.25, 0.3) is 0 Å². The van der Waals surface area contributed by atoms with Gasteiger partial charge >= 0.3 is 0 Å². The van der Waals surface area contributed by atoms with Crippen molar-refractivity contribution in [1.29, 1.82) is 0 Å². The Kier molecular flexibility index (Phi) is 2.14. The Morgan fingerprint density at radius 2 is 1.90 bits per heavy atom. The van der Waals surface area contributed by atoms with Crippen LogP contribution in [0.3, 0.4) is 0 Å². The third kappa shape index (κ3) is 1.40. The van der Waals surface area contributed by atoms with Gasteiger partial charge in [-0.1, -0.05) is 29.8 Å². The summed E-state index contributed by atoms with van der Waals surface area (Å²) in [6, 6.07) is 6.40. The van der Waals surface area contributed by atoms with Gasteiger partial charge in [-0.05, 0) is 6.07 Å². The summed E-state index contributed by atoms with van der Waals surface area (Å²) >= 11 is 5.30. The summed E-state index contributed by atoms with van der Waals surface area (Å²) in [5, 5.41) is 17.8. The maximum absolute atomic E-state index is 9.04. The molecule has 0 amide bonds. The molecule has 1 rings (SSSR count). The van der Waals surface area contributed by atoms with Gasteiger partial charge in [-0.3, -0.25) is 0 Å². The molecule has 0 radical (unpaired) electrons. The lowest BCUT2D eigenvalue weighted by atomic mass is 10.2. The van der Waals surface area contributed by atoms with Gasteiger partial charge in [0.2, 0.25) is 0 Å². The molecule has 0 spiro atoms. The van der Waals surface area contributed by atoms with Crippen LogP contribution >= 0.6 is 11.6 Å². The summed E-state index contributed by atoms with van der Waals surface area (Å²) in [6.45, 7) is 0. The van der Waals surface area contributed by atoms with Crippen molar-refractivity contribution in [3.05, 3.63) is 29.8 Å². The molecular weight excluding hydrogens is 152 g/mol. The van der Waals surface area contributed by atoms with Gasteiger partial charge < -0.3 is 10.2 Å². The fourth-order valence-corrected chi connectivity index (χ4v) is 0.873. The Morgan fingerprint density at radius 1 is 1.30 bits per heavy atom. The molecule has 0 aliphatic heterocycles. The number of halogens is 1. The first-order valence-electron chi connectivity index (χ1n) is 2.82. The monoisotopic (exact) mass is 158 g/mol. The quantitative estimate of drug-likeness (QED) is 0.610. The van der Waals surface area contributed by atoms with E-state index in [1.165, 1.54) is 6.07 Å². The molecule has 0 aliphatic rings. The summed E-state index contributed by atoms with van der Waals surface area (Å²) in [6.07, 6.45) is 0. The number of alkyl halides is 1. The molecule has 0 heterocycles. The lowest BCUT2D eigenvalue weighted by molar-refractivity contribution is 0.257. The number of aliphatic hydroxyl groups excluding tert-OH is 1. The molecule has 0 bridgehead atoms. The maximum Gasteiger partial charge on any atom is 0.157 e. The van der Waals surface area contributed by atoms with Gasteiger partial charge in [0.05, 0.1) is 0 Å². The topological polar surface area (TPSA) is 40.5 Å². The largest absolute Gasteiger partial charge is 0.508 e. The zero-order valence-corrected chi connectivity index (χ0v) is 5.92. The predicted octanol–water partition coefficient (Wildman–Crippen LogP) is 1.62. The highest BCUT2D eigenvalue weighted by Gasteiger charge is 2.05.